The topological polar surface area (TPSA) is 73.8 Å². The summed E-state index contributed by atoms with van der Waals surface area (Å²) in [5, 5.41) is 14.2. The molecule has 2 N–H and O–H groups in total. The molecular weight excluding hydrogens is 474 g/mol. The number of piperazine rings is 1. The van der Waals surface area contributed by atoms with Gasteiger partial charge in [0.2, 0.25) is 0 Å². The zero-order valence-electron chi connectivity index (χ0n) is 23.1. The van der Waals surface area contributed by atoms with Crippen LogP contribution in [0.4, 0.5) is 5.82 Å². The van der Waals surface area contributed by atoms with Crippen LogP contribution in [0.1, 0.15) is 81.2 Å². The first kappa shape index (κ1) is 24.6. The van der Waals surface area contributed by atoms with E-state index in [1.54, 1.807) is 0 Å². The molecule has 3 aliphatic heterocycles. The molecule has 4 atom stereocenters. The molecule has 2 bridgehead atoms. The van der Waals surface area contributed by atoms with Gasteiger partial charge in [0.05, 0.1) is 5.69 Å². The summed E-state index contributed by atoms with van der Waals surface area (Å²) in [6, 6.07) is 8.67. The number of hydrogen-bond donors (Lipinski definition) is 2. The summed E-state index contributed by atoms with van der Waals surface area (Å²) in [5.41, 5.74) is 5.30. The van der Waals surface area contributed by atoms with Gasteiger partial charge >= 0.3 is 6.01 Å². The first-order valence-electron chi connectivity index (χ1n) is 15.1. The Bertz CT molecular complexity index is 1190. The number of benzene rings is 1. The molecule has 1 aromatic heterocycles. The number of nitrogens with zero attached hydrogens (tertiary/aromatic N) is 4. The van der Waals surface area contributed by atoms with Crippen LogP contribution < -0.4 is 15.0 Å². The summed E-state index contributed by atoms with van der Waals surface area (Å²) in [7, 11) is 0. The molecule has 1 aromatic carbocycles. The Morgan fingerprint density at radius 1 is 1.08 bits per heavy atom. The fourth-order valence-corrected chi connectivity index (χ4v) is 8.33. The van der Waals surface area contributed by atoms with E-state index < -0.39 is 0 Å². The molecular formula is C31H43N5O2. The highest BCUT2D eigenvalue weighted by Crippen LogP contribution is 2.48. The largest absolute Gasteiger partial charge is 0.508 e. The van der Waals surface area contributed by atoms with Gasteiger partial charge in [-0.15, -0.1) is 0 Å². The van der Waals surface area contributed by atoms with Crippen LogP contribution in [-0.4, -0.2) is 70.4 Å². The first-order chi connectivity index (χ1) is 18.5. The van der Waals surface area contributed by atoms with E-state index in [4.69, 9.17) is 14.7 Å². The van der Waals surface area contributed by atoms with Crippen LogP contribution in [0.2, 0.25) is 0 Å². The average molecular weight is 518 g/mol. The van der Waals surface area contributed by atoms with E-state index in [-0.39, 0.29) is 5.41 Å². The van der Waals surface area contributed by atoms with Crippen molar-refractivity contribution in [3.8, 4) is 11.8 Å². The third kappa shape index (κ3) is 4.36. The summed E-state index contributed by atoms with van der Waals surface area (Å²) in [4.78, 5) is 15.4. The van der Waals surface area contributed by atoms with Crippen molar-refractivity contribution in [2.75, 3.05) is 31.1 Å². The van der Waals surface area contributed by atoms with E-state index in [1.807, 2.05) is 12.1 Å². The van der Waals surface area contributed by atoms with Gasteiger partial charge in [-0.2, -0.15) is 9.97 Å². The van der Waals surface area contributed by atoms with Gasteiger partial charge < -0.3 is 20.1 Å². The lowest BCUT2D eigenvalue weighted by Gasteiger charge is -2.43. The van der Waals surface area contributed by atoms with Gasteiger partial charge in [-0.3, -0.25) is 4.90 Å². The molecule has 5 aliphatic rings. The predicted octanol–water partition coefficient (Wildman–Crippen LogP) is 4.14. The SMILES string of the molecule is CC(C)N1CCC[C@H]1COc1nc2c(c(N3C[C@H]4CC[C@@H](C3)N4)n1)CCC1(CCCc3ccc(O)cc31)C2. The van der Waals surface area contributed by atoms with E-state index in [0.29, 0.717) is 42.5 Å². The second kappa shape index (κ2) is 9.67. The van der Waals surface area contributed by atoms with Crippen LogP contribution in [-0.2, 0) is 24.7 Å². The number of aromatic nitrogens is 2. The zero-order valence-corrected chi connectivity index (χ0v) is 23.1. The van der Waals surface area contributed by atoms with Crippen LogP contribution in [0.15, 0.2) is 18.2 Å². The molecule has 0 saturated carbocycles. The molecule has 3 fully saturated rings. The number of ether oxygens (including phenoxy) is 1. The number of aryl methyl sites for hydroxylation is 1. The van der Waals surface area contributed by atoms with Gasteiger partial charge in [0.15, 0.2) is 0 Å². The third-order valence-corrected chi connectivity index (χ3v) is 10.2. The van der Waals surface area contributed by atoms with Crippen LogP contribution in [0.3, 0.4) is 0 Å². The lowest BCUT2D eigenvalue weighted by atomic mass is 9.62. The molecule has 2 aliphatic carbocycles. The van der Waals surface area contributed by atoms with Gasteiger partial charge in [-0.05, 0) is 108 Å². The van der Waals surface area contributed by atoms with E-state index in [9.17, 15) is 5.11 Å². The first-order valence-corrected chi connectivity index (χ1v) is 15.1. The summed E-state index contributed by atoms with van der Waals surface area (Å²) in [5.74, 6) is 1.50. The maximum Gasteiger partial charge on any atom is 0.318 e. The van der Waals surface area contributed by atoms with Crippen molar-refractivity contribution in [2.24, 2.45) is 0 Å². The van der Waals surface area contributed by atoms with Crippen LogP contribution in [0, 0.1) is 0 Å². The number of nitrogens with one attached hydrogen (secondary N) is 1. The number of anilines is 1. The Kier molecular flexibility index (Phi) is 6.27. The van der Waals surface area contributed by atoms with Crippen molar-refractivity contribution in [3.63, 3.8) is 0 Å². The van der Waals surface area contributed by atoms with Crippen LogP contribution in [0.5, 0.6) is 11.8 Å². The maximum absolute atomic E-state index is 10.4. The lowest BCUT2D eigenvalue weighted by Crippen LogP contribution is -2.52. The van der Waals surface area contributed by atoms with Crippen LogP contribution >= 0.6 is 0 Å². The Morgan fingerprint density at radius 2 is 1.92 bits per heavy atom. The second-order valence-corrected chi connectivity index (χ2v) is 12.9. The molecule has 204 valence electrons. The van der Waals surface area contributed by atoms with Gasteiger partial charge in [0, 0.05) is 48.2 Å². The Balaban J connectivity index is 1.23. The van der Waals surface area contributed by atoms with Crippen molar-refractivity contribution >= 4 is 5.82 Å². The number of phenolic OH excluding ortho intramolecular Hbond substituents is 1. The Labute approximate surface area is 227 Å². The quantitative estimate of drug-likeness (QED) is 0.618. The van der Waals surface area contributed by atoms with Gasteiger partial charge in [-0.1, -0.05) is 6.07 Å². The Morgan fingerprint density at radius 3 is 2.74 bits per heavy atom. The highest BCUT2D eigenvalue weighted by Gasteiger charge is 2.43. The number of hydrogen-bond acceptors (Lipinski definition) is 7. The third-order valence-electron chi connectivity index (χ3n) is 10.2. The summed E-state index contributed by atoms with van der Waals surface area (Å²) in [6.07, 6.45) is 11.4. The van der Waals surface area contributed by atoms with Crippen LogP contribution in [0.25, 0.3) is 0 Å². The summed E-state index contributed by atoms with van der Waals surface area (Å²) in [6.45, 7) is 8.41. The van der Waals surface area contributed by atoms with E-state index in [2.05, 4.69) is 35.0 Å². The number of likely N-dealkylation sites (tertiary alicyclic amines) is 1. The molecule has 1 unspecified atom stereocenters. The number of aromatic hydroxyl groups is 1. The van der Waals surface area contributed by atoms with Gasteiger partial charge in [0.25, 0.3) is 0 Å². The Hall–Kier alpha value is -2.38. The molecule has 4 heterocycles. The van der Waals surface area contributed by atoms with Crippen molar-refractivity contribution in [1.82, 2.24) is 20.2 Å². The molecule has 7 rings (SSSR count). The molecule has 0 radical (unpaired) electrons. The van der Waals surface area contributed by atoms with Crippen molar-refractivity contribution < 1.29 is 9.84 Å². The molecule has 3 saturated heterocycles. The number of phenols is 1. The van der Waals surface area contributed by atoms with Crippen molar-refractivity contribution in [1.29, 1.82) is 0 Å². The fraction of sp³-hybridized carbons (Fsp3) is 0.677. The summed E-state index contributed by atoms with van der Waals surface area (Å²) < 4.78 is 6.46. The standard InChI is InChI=1S/C31H43N5O2/c1-20(2)36-14-4-6-24(36)19-38-30-33-28-16-31(12-3-5-21-7-10-25(37)15-27(21)31)13-11-26(28)29(34-30)35-17-22-8-9-23(18-35)32-22/h7,10,15,20,22-24,32,37H,3-6,8-9,11-14,16-19H2,1-2H3/t22-,23+,24-,31?/m0/s1. The minimum Gasteiger partial charge on any atom is -0.508 e. The molecule has 1 spiro atoms. The normalized spacial score (nSPS) is 30.6. The highest BCUT2D eigenvalue weighted by molar-refractivity contribution is 5.54. The smallest absolute Gasteiger partial charge is 0.318 e. The average Bonchev–Trinajstić information content (AvgIpc) is 3.53. The monoisotopic (exact) mass is 517 g/mol. The minimum atomic E-state index is 0.0462. The van der Waals surface area contributed by atoms with E-state index >= 15 is 0 Å². The molecule has 2 aromatic rings. The van der Waals surface area contributed by atoms with Gasteiger partial charge in [-0.25, -0.2) is 0 Å². The zero-order chi connectivity index (χ0) is 25.9. The second-order valence-electron chi connectivity index (χ2n) is 12.9. The van der Waals surface area contributed by atoms with Gasteiger partial charge in [0.1, 0.15) is 18.2 Å². The van der Waals surface area contributed by atoms with E-state index in [0.717, 1.165) is 57.6 Å². The fourth-order valence-electron chi connectivity index (χ4n) is 8.33. The molecule has 7 heteroatoms. The van der Waals surface area contributed by atoms with E-state index in [1.165, 1.54) is 54.5 Å². The maximum atomic E-state index is 10.4. The van der Waals surface area contributed by atoms with Crippen molar-refractivity contribution in [3.05, 3.63) is 40.6 Å². The highest BCUT2D eigenvalue weighted by atomic mass is 16.5. The number of fused-ring (bicyclic) bond motifs is 5. The summed E-state index contributed by atoms with van der Waals surface area (Å²) >= 11 is 0. The molecule has 0 amide bonds. The van der Waals surface area contributed by atoms with Crippen molar-refractivity contribution in [2.45, 2.75) is 108 Å². The minimum absolute atomic E-state index is 0.0462. The lowest BCUT2D eigenvalue weighted by molar-refractivity contribution is 0.138. The molecule has 38 heavy (non-hydrogen) atoms. The number of rotatable bonds is 5. The molecule has 7 nitrogen and oxygen atoms in total. The predicted molar refractivity (Wildman–Crippen MR) is 149 cm³/mol.